The van der Waals surface area contributed by atoms with Gasteiger partial charge < -0.3 is 5.32 Å². The van der Waals surface area contributed by atoms with Crippen molar-refractivity contribution in [1.82, 2.24) is 9.97 Å². The van der Waals surface area contributed by atoms with Crippen LogP contribution in [0.4, 0.5) is 5.13 Å². The zero-order chi connectivity index (χ0) is 19.5. The number of nitriles is 1. The van der Waals surface area contributed by atoms with E-state index >= 15 is 0 Å². The number of thioether (sulfide) groups is 1. The minimum Gasteiger partial charge on any atom is -0.301 e. The number of aryl methyl sites for hydroxylation is 3. The molecule has 2 aromatic heterocycles. The van der Waals surface area contributed by atoms with E-state index in [1.807, 2.05) is 42.6 Å². The number of benzene rings is 1. The predicted octanol–water partition coefficient (Wildman–Crippen LogP) is 4.60. The SMILES string of the molecule is Cc1ccc(-c2csc(NC(=O)CSc3nc4c(cc3C#N)CCC4)n2)cc1. The van der Waals surface area contributed by atoms with E-state index in [0.29, 0.717) is 15.7 Å². The van der Waals surface area contributed by atoms with Gasteiger partial charge in [-0.15, -0.1) is 11.3 Å². The number of nitrogens with one attached hydrogen (secondary N) is 1. The van der Waals surface area contributed by atoms with Crippen molar-refractivity contribution >= 4 is 34.1 Å². The van der Waals surface area contributed by atoms with Crippen LogP contribution in [0, 0.1) is 18.3 Å². The Morgan fingerprint density at radius 3 is 2.89 bits per heavy atom. The van der Waals surface area contributed by atoms with Gasteiger partial charge in [-0.3, -0.25) is 4.79 Å². The molecule has 1 amide bonds. The van der Waals surface area contributed by atoms with Gasteiger partial charge >= 0.3 is 0 Å². The molecule has 0 saturated heterocycles. The lowest BCUT2D eigenvalue weighted by Gasteiger charge is -2.06. The maximum absolute atomic E-state index is 12.3. The molecule has 0 unspecified atom stereocenters. The van der Waals surface area contributed by atoms with Crippen molar-refractivity contribution in [2.75, 3.05) is 11.1 Å². The molecule has 1 aliphatic carbocycles. The topological polar surface area (TPSA) is 78.7 Å². The zero-order valence-corrected chi connectivity index (χ0v) is 17.0. The maximum Gasteiger partial charge on any atom is 0.236 e. The van der Waals surface area contributed by atoms with Crippen molar-refractivity contribution in [3.8, 4) is 17.3 Å². The van der Waals surface area contributed by atoms with Gasteiger partial charge in [0.1, 0.15) is 11.1 Å². The summed E-state index contributed by atoms with van der Waals surface area (Å²) in [6.07, 6.45) is 3.01. The van der Waals surface area contributed by atoms with E-state index in [-0.39, 0.29) is 11.7 Å². The number of carbonyl (C=O) groups is 1. The third-order valence-electron chi connectivity index (χ3n) is 4.57. The van der Waals surface area contributed by atoms with E-state index in [1.165, 1.54) is 28.7 Å². The number of amides is 1. The lowest BCUT2D eigenvalue weighted by atomic mass is 10.1. The van der Waals surface area contributed by atoms with Crippen LogP contribution in [0.5, 0.6) is 0 Å². The quantitative estimate of drug-likeness (QED) is 0.626. The summed E-state index contributed by atoms with van der Waals surface area (Å²) in [4.78, 5) is 21.4. The van der Waals surface area contributed by atoms with Crippen molar-refractivity contribution in [2.24, 2.45) is 0 Å². The monoisotopic (exact) mass is 406 g/mol. The van der Waals surface area contributed by atoms with E-state index in [0.717, 1.165) is 41.8 Å². The molecule has 2 heterocycles. The number of aromatic nitrogens is 2. The molecule has 0 bridgehead atoms. The number of hydrogen-bond acceptors (Lipinski definition) is 6. The summed E-state index contributed by atoms with van der Waals surface area (Å²) in [5, 5.41) is 15.3. The summed E-state index contributed by atoms with van der Waals surface area (Å²) in [5.41, 5.74) is 5.84. The smallest absolute Gasteiger partial charge is 0.236 e. The molecule has 5 nitrogen and oxygen atoms in total. The van der Waals surface area contributed by atoms with Gasteiger partial charge in [0.05, 0.1) is 17.0 Å². The fraction of sp³-hybridized carbons (Fsp3) is 0.238. The average molecular weight is 407 g/mol. The highest BCUT2D eigenvalue weighted by Crippen LogP contribution is 2.29. The Morgan fingerprint density at radius 1 is 1.29 bits per heavy atom. The van der Waals surface area contributed by atoms with E-state index in [4.69, 9.17) is 0 Å². The lowest BCUT2D eigenvalue weighted by Crippen LogP contribution is -2.14. The molecule has 4 rings (SSSR count). The van der Waals surface area contributed by atoms with Crippen molar-refractivity contribution in [1.29, 1.82) is 5.26 Å². The van der Waals surface area contributed by atoms with Gasteiger partial charge in [-0.25, -0.2) is 9.97 Å². The van der Waals surface area contributed by atoms with Gasteiger partial charge in [0.2, 0.25) is 5.91 Å². The number of fused-ring (bicyclic) bond motifs is 1. The summed E-state index contributed by atoms with van der Waals surface area (Å²) in [6, 6.07) is 12.2. The number of hydrogen-bond donors (Lipinski definition) is 1. The van der Waals surface area contributed by atoms with Crippen LogP contribution in [0.3, 0.4) is 0 Å². The Kier molecular flexibility index (Phi) is 5.42. The highest BCUT2D eigenvalue weighted by Gasteiger charge is 2.17. The number of thiazole rings is 1. The predicted molar refractivity (Wildman–Crippen MR) is 113 cm³/mol. The highest BCUT2D eigenvalue weighted by atomic mass is 32.2. The summed E-state index contributed by atoms with van der Waals surface area (Å²) in [7, 11) is 0. The molecule has 28 heavy (non-hydrogen) atoms. The lowest BCUT2D eigenvalue weighted by molar-refractivity contribution is -0.113. The van der Waals surface area contributed by atoms with Gasteiger partial charge in [-0.2, -0.15) is 5.26 Å². The van der Waals surface area contributed by atoms with Crippen LogP contribution < -0.4 is 5.32 Å². The van der Waals surface area contributed by atoms with Crippen molar-refractivity contribution in [3.05, 3.63) is 58.1 Å². The number of carbonyl (C=O) groups excluding carboxylic acids is 1. The number of anilines is 1. The van der Waals surface area contributed by atoms with Crippen LogP contribution >= 0.6 is 23.1 Å². The molecule has 3 aromatic rings. The Balaban J connectivity index is 1.39. The summed E-state index contributed by atoms with van der Waals surface area (Å²) >= 11 is 2.70. The van der Waals surface area contributed by atoms with Gasteiger partial charge in [0.25, 0.3) is 0 Å². The van der Waals surface area contributed by atoms with Gasteiger partial charge in [0, 0.05) is 16.6 Å². The van der Waals surface area contributed by atoms with E-state index < -0.39 is 0 Å². The van der Waals surface area contributed by atoms with Crippen LogP contribution in [-0.4, -0.2) is 21.6 Å². The molecule has 0 fully saturated rings. The van der Waals surface area contributed by atoms with Crippen LogP contribution in [0.15, 0.2) is 40.7 Å². The third-order valence-corrected chi connectivity index (χ3v) is 6.32. The largest absolute Gasteiger partial charge is 0.301 e. The van der Waals surface area contributed by atoms with Crippen molar-refractivity contribution in [3.63, 3.8) is 0 Å². The van der Waals surface area contributed by atoms with Crippen LogP contribution in [0.1, 0.15) is 28.8 Å². The minimum absolute atomic E-state index is 0.152. The molecular formula is C21H18N4OS2. The molecule has 1 aliphatic rings. The average Bonchev–Trinajstić information content (AvgIpc) is 3.35. The molecular weight excluding hydrogens is 388 g/mol. The zero-order valence-electron chi connectivity index (χ0n) is 15.4. The molecule has 0 atom stereocenters. The standard InChI is InChI=1S/C21H18N4OS2/c1-13-5-7-14(8-6-13)18-11-28-21(24-18)25-19(26)12-27-20-16(10-22)9-15-3-2-4-17(15)23-20/h5-9,11H,2-4,12H2,1H3,(H,24,25,26). The van der Waals surface area contributed by atoms with E-state index in [1.54, 1.807) is 0 Å². The highest BCUT2D eigenvalue weighted by molar-refractivity contribution is 8.00. The molecule has 0 aliphatic heterocycles. The molecule has 1 N–H and O–H groups in total. The summed E-state index contributed by atoms with van der Waals surface area (Å²) in [5.74, 6) is 0.0425. The summed E-state index contributed by atoms with van der Waals surface area (Å²) < 4.78 is 0. The number of pyridine rings is 1. The fourth-order valence-electron chi connectivity index (χ4n) is 3.12. The van der Waals surface area contributed by atoms with Crippen LogP contribution in [-0.2, 0) is 17.6 Å². The molecule has 1 aromatic carbocycles. The fourth-order valence-corrected chi connectivity index (χ4v) is 4.63. The molecule has 0 spiro atoms. The second-order valence-electron chi connectivity index (χ2n) is 6.65. The van der Waals surface area contributed by atoms with Gasteiger partial charge in [-0.05, 0) is 37.8 Å². The molecule has 0 saturated carbocycles. The normalized spacial score (nSPS) is 12.4. The maximum atomic E-state index is 12.3. The van der Waals surface area contributed by atoms with E-state index in [9.17, 15) is 10.1 Å². The Bertz CT molecular complexity index is 1070. The molecule has 0 radical (unpaired) electrons. The third kappa shape index (κ3) is 4.08. The first-order chi connectivity index (χ1) is 13.6. The summed E-state index contributed by atoms with van der Waals surface area (Å²) in [6.45, 7) is 2.04. The Morgan fingerprint density at radius 2 is 2.11 bits per heavy atom. The first-order valence-electron chi connectivity index (χ1n) is 9.00. The van der Waals surface area contributed by atoms with Crippen molar-refractivity contribution in [2.45, 2.75) is 31.2 Å². The molecule has 140 valence electrons. The second kappa shape index (κ2) is 8.13. The van der Waals surface area contributed by atoms with Gasteiger partial charge in [0.15, 0.2) is 5.13 Å². The second-order valence-corrected chi connectivity index (χ2v) is 8.48. The Hall–Kier alpha value is -2.69. The Labute approximate surface area is 171 Å². The minimum atomic E-state index is -0.152. The van der Waals surface area contributed by atoms with Crippen molar-refractivity contribution < 1.29 is 4.79 Å². The van der Waals surface area contributed by atoms with Crippen LogP contribution in [0.25, 0.3) is 11.3 Å². The van der Waals surface area contributed by atoms with Crippen LogP contribution in [0.2, 0.25) is 0 Å². The first-order valence-corrected chi connectivity index (χ1v) is 10.9. The van der Waals surface area contributed by atoms with Gasteiger partial charge in [-0.1, -0.05) is 41.6 Å². The number of nitrogens with zero attached hydrogens (tertiary/aromatic N) is 3. The first kappa shape index (κ1) is 18.7. The number of rotatable bonds is 5. The molecule has 7 heteroatoms. The van der Waals surface area contributed by atoms with E-state index in [2.05, 4.69) is 21.4 Å².